The molecule has 4 nitrogen and oxygen atoms in total. The highest BCUT2D eigenvalue weighted by atomic mass is 16.5. The van der Waals surface area contributed by atoms with Crippen LogP contribution in [0.5, 0.6) is 0 Å². The largest absolute Gasteiger partial charge is 0.465 e. The van der Waals surface area contributed by atoms with Crippen molar-refractivity contribution in [2.45, 2.75) is 20.3 Å². The minimum absolute atomic E-state index is 0.170. The van der Waals surface area contributed by atoms with E-state index in [1.165, 1.54) is 7.11 Å². The molecule has 2 aromatic rings. The molecular weight excluding hydrogens is 254 g/mol. The number of pyridine rings is 1. The molecule has 0 bridgehead atoms. The Morgan fingerprint density at radius 2 is 2.00 bits per heavy atom. The smallest absolute Gasteiger partial charge is 0.339 e. The van der Waals surface area contributed by atoms with Gasteiger partial charge in [0, 0.05) is 17.7 Å². The quantitative estimate of drug-likeness (QED) is 0.872. The summed E-state index contributed by atoms with van der Waals surface area (Å²) in [6, 6.07) is 9.56. The van der Waals surface area contributed by atoms with Gasteiger partial charge in [-0.2, -0.15) is 0 Å². The second-order valence-electron chi connectivity index (χ2n) is 4.82. The van der Waals surface area contributed by atoms with Crippen molar-refractivity contribution in [3.63, 3.8) is 0 Å². The van der Waals surface area contributed by atoms with E-state index < -0.39 is 5.97 Å². The van der Waals surface area contributed by atoms with Crippen molar-refractivity contribution < 1.29 is 9.53 Å². The molecule has 0 radical (unpaired) electrons. The van der Waals surface area contributed by atoms with Gasteiger partial charge in [0.05, 0.1) is 12.7 Å². The monoisotopic (exact) mass is 271 g/mol. The van der Waals surface area contributed by atoms with Crippen LogP contribution in [0.15, 0.2) is 35.1 Å². The molecule has 1 aromatic heterocycles. The summed E-state index contributed by atoms with van der Waals surface area (Å²) >= 11 is 0. The van der Waals surface area contributed by atoms with Gasteiger partial charge in [-0.05, 0) is 25.5 Å². The maximum atomic E-state index is 12.0. The standard InChI is InChI=1S/C16H17NO3/c1-10-5-4-6-12(7-10)8-13-9-14(16(19)20-3)11(2)17-15(13)18/h4-7,9H,8H2,1-3H3,(H,17,18). The van der Waals surface area contributed by atoms with Crippen LogP contribution in [0, 0.1) is 13.8 Å². The van der Waals surface area contributed by atoms with E-state index in [0.717, 1.165) is 11.1 Å². The minimum atomic E-state index is -0.441. The number of rotatable bonds is 3. The van der Waals surface area contributed by atoms with Crippen LogP contribution in [0.1, 0.15) is 32.7 Å². The molecule has 0 saturated carbocycles. The fourth-order valence-electron chi connectivity index (χ4n) is 2.16. The minimum Gasteiger partial charge on any atom is -0.465 e. The summed E-state index contributed by atoms with van der Waals surface area (Å²) in [5.74, 6) is -0.441. The number of methoxy groups -OCH3 is 1. The maximum Gasteiger partial charge on any atom is 0.339 e. The molecular formula is C16H17NO3. The summed E-state index contributed by atoms with van der Waals surface area (Å²) in [5.41, 5.74) is 3.48. The molecule has 104 valence electrons. The highest BCUT2D eigenvalue weighted by Gasteiger charge is 2.13. The number of aromatic amines is 1. The van der Waals surface area contributed by atoms with Crippen molar-refractivity contribution in [3.8, 4) is 0 Å². The Hall–Kier alpha value is -2.36. The van der Waals surface area contributed by atoms with Gasteiger partial charge in [-0.15, -0.1) is 0 Å². The van der Waals surface area contributed by atoms with Crippen LogP contribution < -0.4 is 5.56 Å². The Morgan fingerprint density at radius 3 is 2.65 bits per heavy atom. The highest BCUT2D eigenvalue weighted by molar-refractivity contribution is 5.90. The fraction of sp³-hybridized carbons (Fsp3) is 0.250. The number of carbonyl (C=O) groups is 1. The number of H-pyrrole nitrogens is 1. The van der Waals surface area contributed by atoms with Crippen LogP contribution in [0.25, 0.3) is 0 Å². The summed E-state index contributed by atoms with van der Waals surface area (Å²) < 4.78 is 4.72. The number of aromatic nitrogens is 1. The SMILES string of the molecule is COC(=O)c1cc(Cc2cccc(C)c2)c(=O)[nH]c1C. The molecule has 4 heteroatoms. The zero-order valence-electron chi connectivity index (χ0n) is 11.8. The van der Waals surface area contributed by atoms with E-state index in [2.05, 4.69) is 4.98 Å². The lowest BCUT2D eigenvalue weighted by molar-refractivity contribution is 0.0599. The Morgan fingerprint density at radius 1 is 1.25 bits per heavy atom. The van der Waals surface area contributed by atoms with Gasteiger partial charge >= 0.3 is 5.97 Å². The van der Waals surface area contributed by atoms with Gasteiger partial charge in [-0.3, -0.25) is 4.79 Å². The third-order valence-electron chi connectivity index (χ3n) is 3.20. The van der Waals surface area contributed by atoms with E-state index in [1.54, 1.807) is 13.0 Å². The van der Waals surface area contributed by atoms with Gasteiger partial charge in [0.2, 0.25) is 0 Å². The van der Waals surface area contributed by atoms with E-state index >= 15 is 0 Å². The molecule has 1 N–H and O–H groups in total. The lowest BCUT2D eigenvalue weighted by atomic mass is 10.0. The summed E-state index contributed by atoms with van der Waals surface area (Å²) in [6.07, 6.45) is 0.487. The van der Waals surface area contributed by atoms with E-state index in [-0.39, 0.29) is 5.56 Å². The number of hydrogen-bond donors (Lipinski definition) is 1. The predicted octanol–water partition coefficient (Wildman–Crippen LogP) is 2.37. The number of esters is 1. The van der Waals surface area contributed by atoms with Crippen molar-refractivity contribution in [3.05, 3.63) is 68.6 Å². The summed E-state index contributed by atoms with van der Waals surface area (Å²) in [4.78, 5) is 26.3. The molecule has 1 aromatic carbocycles. The highest BCUT2D eigenvalue weighted by Crippen LogP contribution is 2.12. The van der Waals surface area contributed by atoms with Crippen LogP contribution >= 0.6 is 0 Å². The zero-order chi connectivity index (χ0) is 14.7. The average Bonchev–Trinajstić information content (AvgIpc) is 2.41. The maximum absolute atomic E-state index is 12.0. The molecule has 0 amide bonds. The summed E-state index contributed by atoms with van der Waals surface area (Å²) in [6.45, 7) is 3.69. The van der Waals surface area contributed by atoms with Gasteiger partial charge in [-0.25, -0.2) is 4.79 Å². The topological polar surface area (TPSA) is 59.2 Å². The van der Waals surface area contributed by atoms with Crippen LogP contribution in [0.4, 0.5) is 0 Å². The van der Waals surface area contributed by atoms with Crippen molar-refractivity contribution in [1.29, 1.82) is 0 Å². The van der Waals surface area contributed by atoms with Gasteiger partial charge in [0.15, 0.2) is 0 Å². The number of hydrogen-bond acceptors (Lipinski definition) is 3. The molecule has 1 heterocycles. The van der Waals surface area contributed by atoms with Crippen molar-refractivity contribution >= 4 is 5.97 Å². The molecule has 2 rings (SSSR count). The van der Waals surface area contributed by atoms with Crippen LogP contribution in [0.3, 0.4) is 0 Å². The Labute approximate surface area is 117 Å². The lowest BCUT2D eigenvalue weighted by Gasteiger charge is -2.07. The average molecular weight is 271 g/mol. The van der Waals surface area contributed by atoms with E-state index in [1.807, 2.05) is 31.2 Å². The first kappa shape index (κ1) is 14.1. The first-order chi connectivity index (χ1) is 9.51. The van der Waals surface area contributed by atoms with Gasteiger partial charge in [0.25, 0.3) is 5.56 Å². The van der Waals surface area contributed by atoms with Gasteiger partial charge in [0.1, 0.15) is 0 Å². The summed E-state index contributed by atoms with van der Waals surface area (Å²) in [7, 11) is 1.33. The van der Waals surface area contributed by atoms with E-state index in [0.29, 0.717) is 23.2 Å². The third kappa shape index (κ3) is 2.96. The molecule has 0 atom stereocenters. The van der Waals surface area contributed by atoms with E-state index in [9.17, 15) is 9.59 Å². The molecule has 0 aliphatic carbocycles. The van der Waals surface area contributed by atoms with Crippen molar-refractivity contribution in [1.82, 2.24) is 4.98 Å². The lowest BCUT2D eigenvalue weighted by Crippen LogP contribution is -2.18. The number of aryl methyl sites for hydroxylation is 2. The molecule has 0 unspecified atom stereocenters. The second-order valence-corrected chi connectivity index (χ2v) is 4.82. The Balaban J connectivity index is 2.42. The Bertz CT molecular complexity index is 701. The van der Waals surface area contributed by atoms with Gasteiger partial charge < -0.3 is 9.72 Å². The number of carbonyl (C=O) groups excluding carboxylic acids is 1. The number of nitrogens with one attached hydrogen (secondary N) is 1. The molecule has 0 aliphatic heterocycles. The van der Waals surface area contributed by atoms with Crippen LogP contribution in [0.2, 0.25) is 0 Å². The Kier molecular flexibility index (Phi) is 4.03. The fourth-order valence-corrected chi connectivity index (χ4v) is 2.16. The first-order valence-electron chi connectivity index (χ1n) is 6.38. The third-order valence-corrected chi connectivity index (χ3v) is 3.20. The van der Waals surface area contributed by atoms with Crippen LogP contribution in [-0.4, -0.2) is 18.1 Å². The van der Waals surface area contributed by atoms with E-state index in [4.69, 9.17) is 4.74 Å². The first-order valence-corrected chi connectivity index (χ1v) is 6.38. The molecule has 0 saturated heterocycles. The van der Waals surface area contributed by atoms with Crippen LogP contribution in [-0.2, 0) is 11.2 Å². The van der Waals surface area contributed by atoms with Crippen molar-refractivity contribution in [2.75, 3.05) is 7.11 Å². The van der Waals surface area contributed by atoms with Gasteiger partial charge in [-0.1, -0.05) is 29.8 Å². The molecule has 0 fully saturated rings. The summed E-state index contributed by atoms with van der Waals surface area (Å²) in [5, 5.41) is 0. The number of ether oxygens (including phenoxy) is 1. The number of benzene rings is 1. The molecule has 0 aliphatic rings. The molecule has 20 heavy (non-hydrogen) atoms. The van der Waals surface area contributed by atoms with Crippen molar-refractivity contribution in [2.24, 2.45) is 0 Å². The molecule has 0 spiro atoms. The predicted molar refractivity (Wildman–Crippen MR) is 77.1 cm³/mol. The normalized spacial score (nSPS) is 10.3. The zero-order valence-corrected chi connectivity index (χ0v) is 11.8. The second kappa shape index (κ2) is 5.74.